The lowest BCUT2D eigenvalue weighted by Crippen LogP contribution is -1.93. The molecule has 0 bridgehead atoms. The molecule has 0 aliphatic rings. The highest BCUT2D eigenvalue weighted by Crippen LogP contribution is 2.33. The lowest BCUT2D eigenvalue weighted by atomic mass is 9.89. The van der Waals surface area contributed by atoms with E-state index >= 15 is 0 Å². The molecule has 0 aliphatic heterocycles. The zero-order chi connectivity index (χ0) is 14.7. The molecule has 0 radical (unpaired) electrons. The van der Waals surface area contributed by atoms with Crippen molar-refractivity contribution < 1.29 is 0 Å². The normalized spacial score (nSPS) is 10.8. The predicted octanol–water partition coefficient (Wildman–Crippen LogP) is 6.14. The van der Waals surface area contributed by atoms with Crippen LogP contribution in [0.3, 0.4) is 0 Å². The van der Waals surface area contributed by atoms with E-state index in [1.807, 2.05) is 0 Å². The van der Waals surface area contributed by atoms with E-state index in [-0.39, 0.29) is 0 Å². The van der Waals surface area contributed by atoms with Crippen molar-refractivity contribution in [3.8, 4) is 22.3 Å². The van der Waals surface area contributed by atoms with E-state index in [0.29, 0.717) is 5.92 Å². The molecule has 0 heterocycles. The summed E-state index contributed by atoms with van der Waals surface area (Å²) < 4.78 is 0. The quantitative estimate of drug-likeness (QED) is 0.537. The molecular formula is C21H20. The first-order valence-corrected chi connectivity index (χ1v) is 7.50. The average molecular weight is 272 g/mol. The SMILES string of the molecule is CC(C)c1ccc(-c2ccccc2)cc1-c1ccccc1. The van der Waals surface area contributed by atoms with Gasteiger partial charge in [0.25, 0.3) is 0 Å². The minimum absolute atomic E-state index is 0.519. The van der Waals surface area contributed by atoms with Crippen LogP contribution in [0.15, 0.2) is 78.9 Å². The first-order valence-electron chi connectivity index (χ1n) is 7.50. The molecule has 0 aliphatic carbocycles. The third-order valence-corrected chi connectivity index (χ3v) is 3.87. The highest BCUT2D eigenvalue weighted by molar-refractivity contribution is 5.76. The molecule has 3 rings (SSSR count). The lowest BCUT2D eigenvalue weighted by Gasteiger charge is -2.15. The maximum atomic E-state index is 2.32. The molecule has 0 N–H and O–H groups in total. The lowest BCUT2D eigenvalue weighted by molar-refractivity contribution is 0.869. The smallest absolute Gasteiger partial charge is 0.0143 e. The molecule has 0 spiro atoms. The highest BCUT2D eigenvalue weighted by Gasteiger charge is 2.10. The molecular weight excluding hydrogens is 252 g/mol. The van der Waals surface area contributed by atoms with Crippen molar-refractivity contribution in [2.24, 2.45) is 0 Å². The molecule has 0 saturated heterocycles. The summed E-state index contributed by atoms with van der Waals surface area (Å²) in [5.41, 5.74) is 6.58. The minimum Gasteiger partial charge on any atom is -0.0622 e. The third kappa shape index (κ3) is 2.90. The van der Waals surface area contributed by atoms with Gasteiger partial charge in [-0.2, -0.15) is 0 Å². The fourth-order valence-electron chi connectivity index (χ4n) is 2.74. The molecule has 104 valence electrons. The van der Waals surface area contributed by atoms with E-state index in [4.69, 9.17) is 0 Å². The number of rotatable bonds is 3. The average Bonchev–Trinajstić information content (AvgIpc) is 2.56. The number of hydrogen-bond donors (Lipinski definition) is 0. The van der Waals surface area contributed by atoms with Gasteiger partial charge < -0.3 is 0 Å². The van der Waals surface area contributed by atoms with E-state index in [0.717, 1.165) is 0 Å². The first kappa shape index (κ1) is 13.6. The van der Waals surface area contributed by atoms with Crippen molar-refractivity contribution in [1.29, 1.82) is 0 Å². The summed E-state index contributed by atoms with van der Waals surface area (Å²) >= 11 is 0. The predicted molar refractivity (Wildman–Crippen MR) is 91.4 cm³/mol. The van der Waals surface area contributed by atoms with E-state index in [9.17, 15) is 0 Å². The van der Waals surface area contributed by atoms with Crippen LogP contribution in [-0.4, -0.2) is 0 Å². The fourth-order valence-corrected chi connectivity index (χ4v) is 2.74. The molecule has 3 aromatic rings. The van der Waals surface area contributed by atoms with Crippen LogP contribution in [0.1, 0.15) is 25.3 Å². The molecule has 0 unspecified atom stereocenters. The van der Waals surface area contributed by atoms with Crippen LogP contribution >= 0.6 is 0 Å². The molecule has 21 heavy (non-hydrogen) atoms. The second-order valence-electron chi connectivity index (χ2n) is 5.69. The maximum absolute atomic E-state index is 2.32. The monoisotopic (exact) mass is 272 g/mol. The molecule has 0 aromatic heterocycles. The Hall–Kier alpha value is -2.34. The molecule has 0 heteroatoms. The first-order chi connectivity index (χ1) is 10.3. The Labute approximate surface area is 127 Å². The summed E-state index contributed by atoms with van der Waals surface area (Å²) in [4.78, 5) is 0. The molecule has 0 nitrogen and oxygen atoms in total. The van der Waals surface area contributed by atoms with Crippen molar-refractivity contribution in [2.75, 3.05) is 0 Å². The van der Waals surface area contributed by atoms with Crippen molar-refractivity contribution >= 4 is 0 Å². The van der Waals surface area contributed by atoms with Gasteiger partial charge in [-0.05, 0) is 39.8 Å². The van der Waals surface area contributed by atoms with Crippen molar-refractivity contribution in [3.05, 3.63) is 84.4 Å². The number of benzene rings is 3. The van der Waals surface area contributed by atoms with Gasteiger partial charge in [-0.25, -0.2) is 0 Å². The van der Waals surface area contributed by atoms with Gasteiger partial charge in [0, 0.05) is 0 Å². The largest absolute Gasteiger partial charge is 0.0622 e. The zero-order valence-electron chi connectivity index (χ0n) is 12.6. The van der Waals surface area contributed by atoms with Gasteiger partial charge in [0.1, 0.15) is 0 Å². The Balaban J connectivity index is 2.16. The van der Waals surface area contributed by atoms with Gasteiger partial charge in [-0.3, -0.25) is 0 Å². The summed E-state index contributed by atoms with van der Waals surface area (Å²) in [6.07, 6.45) is 0. The third-order valence-electron chi connectivity index (χ3n) is 3.87. The highest BCUT2D eigenvalue weighted by atomic mass is 14.1. The van der Waals surface area contributed by atoms with Gasteiger partial charge in [-0.15, -0.1) is 0 Å². The second-order valence-corrected chi connectivity index (χ2v) is 5.69. The van der Waals surface area contributed by atoms with Crippen molar-refractivity contribution in [2.45, 2.75) is 19.8 Å². The zero-order valence-corrected chi connectivity index (χ0v) is 12.6. The van der Waals surface area contributed by atoms with Gasteiger partial charge in [-0.1, -0.05) is 86.6 Å². The summed E-state index contributed by atoms with van der Waals surface area (Å²) in [6, 6.07) is 28.1. The topological polar surface area (TPSA) is 0 Å². The molecule has 3 aromatic carbocycles. The van der Waals surface area contributed by atoms with Crippen LogP contribution in [0.25, 0.3) is 22.3 Å². The van der Waals surface area contributed by atoms with E-state index < -0.39 is 0 Å². The van der Waals surface area contributed by atoms with Crippen LogP contribution < -0.4 is 0 Å². The molecule has 0 amide bonds. The van der Waals surface area contributed by atoms with Crippen LogP contribution in [0, 0.1) is 0 Å². The molecule has 0 saturated carbocycles. The van der Waals surface area contributed by atoms with Crippen LogP contribution in [0.4, 0.5) is 0 Å². The molecule has 0 fully saturated rings. The van der Waals surface area contributed by atoms with E-state index in [2.05, 4.69) is 92.7 Å². The van der Waals surface area contributed by atoms with E-state index in [1.54, 1.807) is 0 Å². The minimum atomic E-state index is 0.519. The summed E-state index contributed by atoms with van der Waals surface area (Å²) in [5, 5.41) is 0. The van der Waals surface area contributed by atoms with Crippen LogP contribution in [0.5, 0.6) is 0 Å². The summed E-state index contributed by atoms with van der Waals surface area (Å²) in [7, 11) is 0. The molecule has 0 atom stereocenters. The van der Waals surface area contributed by atoms with Gasteiger partial charge in [0.05, 0.1) is 0 Å². The van der Waals surface area contributed by atoms with Crippen molar-refractivity contribution in [3.63, 3.8) is 0 Å². The van der Waals surface area contributed by atoms with Crippen molar-refractivity contribution in [1.82, 2.24) is 0 Å². The van der Waals surface area contributed by atoms with Gasteiger partial charge in [0.2, 0.25) is 0 Å². The Kier molecular flexibility index (Phi) is 3.87. The Morgan fingerprint density at radius 2 is 1.14 bits per heavy atom. The summed E-state index contributed by atoms with van der Waals surface area (Å²) in [6.45, 7) is 4.51. The Bertz CT molecular complexity index is 710. The second kappa shape index (κ2) is 5.97. The maximum Gasteiger partial charge on any atom is -0.0143 e. The number of hydrogen-bond acceptors (Lipinski definition) is 0. The van der Waals surface area contributed by atoms with Gasteiger partial charge >= 0.3 is 0 Å². The van der Waals surface area contributed by atoms with E-state index in [1.165, 1.54) is 27.8 Å². The Morgan fingerprint density at radius 3 is 1.71 bits per heavy atom. The summed E-state index contributed by atoms with van der Waals surface area (Å²) in [5.74, 6) is 0.519. The van der Waals surface area contributed by atoms with Crippen LogP contribution in [0.2, 0.25) is 0 Å². The standard InChI is InChI=1S/C21H20/c1-16(2)20-14-13-19(17-9-5-3-6-10-17)15-21(20)18-11-7-4-8-12-18/h3-16H,1-2H3. The fraction of sp³-hybridized carbons (Fsp3) is 0.143. The van der Waals surface area contributed by atoms with Gasteiger partial charge in [0.15, 0.2) is 0 Å². The Morgan fingerprint density at radius 1 is 0.571 bits per heavy atom. The van der Waals surface area contributed by atoms with Crippen LogP contribution in [-0.2, 0) is 0 Å².